The van der Waals surface area contributed by atoms with E-state index in [-0.39, 0.29) is 12.8 Å². The van der Waals surface area contributed by atoms with Gasteiger partial charge in [0.15, 0.2) is 0 Å². The topological polar surface area (TPSA) is 0 Å². The molecule has 0 aliphatic heterocycles. The average Bonchev–Trinajstić information content (AvgIpc) is 2.20. The highest BCUT2D eigenvalue weighted by molar-refractivity contribution is 5.06. The minimum Gasteiger partial charge on any atom is -0.171 e. The van der Waals surface area contributed by atoms with Crippen molar-refractivity contribution in [3.63, 3.8) is 0 Å². The van der Waals surface area contributed by atoms with E-state index in [1.807, 2.05) is 20.8 Å². The van der Waals surface area contributed by atoms with Gasteiger partial charge in [-0.25, -0.2) is 0 Å². The van der Waals surface area contributed by atoms with E-state index in [0.29, 0.717) is 6.42 Å². The summed E-state index contributed by atoms with van der Waals surface area (Å²) < 4.78 is 36.4. The van der Waals surface area contributed by atoms with Crippen LogP contribution in [0.25, 0.3) is 0 Å². The normalized spacial score (nSPS) is 22.1. The molecule has 0 bridgehead atoms. The highest BCUT2D eigenvalue weighted by Gasteiger charge is 2.39. The Bertz CT molecular complexity index is 179. The van der Waals surface area contributed by atoms with Crippen LogP contribution in [0, 0.1) is 5.92 Å². The Kier molecular flexibility index (Phi) is 5.89. The van der Waals surface area contributed by atoms with Gasteiger partial charge in [-0.05, 0) is 25.7 Å². The average molecular weight is 208 g/mol. The number of hydrogen-bond donors (Lipinski definition) is 0. The zero-order chi connectivity index (χ0) is 11.2. The lowest BCUT2D eigenvalue weighted by molar-refractivity contribution is -0.176. The molecule has 0 fully saturated rings. The van der Waals surface area contributed by atoms with Crippen molar-refractivity contribution in [1.82, 2.24) is 0 Å². The summed E-state index contributed by atoms with van der Waals surface area (Å²) in [6.45, 7) is 5.99. The Labute approximate surface area is 84.2 Å². The van der Waals surface area contributed by atoms with Crippen LogP contribution < -0.4 is 0 Å². The summed E-state index contributed by atoms with van der Waals surface area (Å²) in [7, 11) is 0. The predicted molar refractivity (Wildman–Crippen MR) is 53.1 cm³/mol. The second-order valence-electron chi connectivity index (χ2n) is 3.23. The third-order valence-electron chi connectivity index (χ3n) is 2.42. The smallest absolute Gasteiger partial charge is 0.171 e. The molecule has 0 radical (unpaired) electrons. The van der Waals surface area contributed by atoms with Crippen LogP contribution >= 0.6 is 0 Å². The lowest BCUT2D eigenvalue weighted by Crippen LogP contribution is -2.24. The maximum Gasteiger partial charge on any atom is 0.392 e. The van der Waals surface area contributed by atoms with Crippen molar-refractivity contribution in [2.75, 3.05) is 0 Å². The van der Waals surface area contributed by atoms with Gasteiger partial charge in [-0.15, -0.1) is 0 Å². The molecule has 0 aromatic carbocycles. The molecule has 1 atom stereocenters. The molecule has 14 heavy (non-hydrogen) atoms. The first-order chi connectivity index (χ1) is 6.54. The van der Waals surface area contributed by atoms with E-state index in [9.17, 15) is 13.2 Å². The summed E-state index contributed by atoms with van der Waals surface area (Å²) in [5.41, 5.74) is 1.18. The Morgan fingerprint density at radius 2 is 1.93 bits per heavy atom. The van der Waals surface area contributed by atoms with Crippen molar-refractivity contribution in [2.45, 2.75) is 52.6 Å². The van der Waals surface area contributed by atoms with Gasteiger partial charge in [0.2, 0.25) is 0 Å². The van der Waals surface area contributed by atoms with Gasteiger partial charge in [-0.3, -0.25) is 0 Å². The lowest BCUT2D eigenvalue weighted by atomic mass is 9.88. The molecule has 0 saturated heterocycles. The van der Waals surface area contributed by atoms with Gasteiger partial charge in [0.25, 0.3) is 0 Å². The molecule has 0 nitrogen and oxygen atoms in total. The van der Waals surface area contributed by atoms with Crippen LogP contribution in [0.1, 0.15) is 46.5 Å². The molecule has 0 aromatic rings. The van der Waals surface area contributed by atoms with E-state index >= 15 is 0 Å². The van der Waals surface area contributed by atoms with Crippen LogP contribution in [0.3, 0.4) is 0 Å². The summed E-state index contributed by atoms with van der Waals surface area (Å²) >= 11 is 0. The molecule has 1 rings (SSSR count). The van der Waals surface area contributed by atoms with Crippen molar-refractivity contribution in [2.24, 2.45) is 5.92 Å². The van der Waals surface area contributed by atoms with Crippen molar-refractivity contribution < 1.29 is 13.2 Å². The summed E-state index contributed by atoms with van der Waals surface area (Å²) in [4.78, 5) is 0. The summed E-state index contributed by atoms with van der Waals surface area (Å²) in [5, 5.41) is 0. The highest BCUT2D eigenvalue weighted by atomic mass is 19.4. The van der Waals surface area contributed by atoms with Crippen LogP contribution in [0.2, 0.25) is 0 Å². The number of alkyl halides is 3. The van der Waals surface area contributed by atoms with Gasteiger partial charge < -0.3 is 0 Å². The van der Waals surface area contributed by atoms with Gasteiger partial charge in [0.05, 0.1) is 5.92 Å². The molecule has 0 saturated carbocycles. The molecule has 0 aromatic heterocycles. The molecule has 0 N–H and O–H groups in total. The third kappa shape index (κ3) is 4.16. The van der Waals surface area contributed by atoms with E-state index in [0.717, 1.165) is 6.42 Å². The van der Waals surface area contributed by atoms with Crippen LogP contribution in [0.5, 0.6) is 0 Å². The van der Waals surface area contributed by atoms with Gasteiger partial charge in [-0.1, -0.05) is 32.4 Å². The highest BCUT2D eigenvalue weighted by Crippen LogP contribution is 2.37. The predicted octanol–water partition coefficient (Wildman–Crippen LogP) is 4.71. The number of hydrogen-bond acceptors (Lipinski definition) is 0. The zero-order valence-electron chi connectivity index (χ0n) is 9.12. The van der Waals surface area contributed by atoms with Gasteiger partial charge in [0.1, 0.15) is 0 Å². The first kappa shape index (κ1) is 13.5. The second kappa shape index (κ2) is 6.10. The van der Waals surface area contributed by atoms with Crippen LogP contribution in [0.15, 0.2) is 11.6 Å². The second-order valence-corrected chi connectivity index (χ2v) is 3.23. The monoisotopic (exact) mass is 208 g/mol. The van der Waals surface area contributed by atoms with Gasteiger partial charge in [-0.2, -0.15) is 13.2 Å². The number of allylic oxidation sites excluding steroid dienone is 2. The first-order valence-corrected chi connectivity index (χ1v) is 5.28. The number of halogens is 3. The Balaban J connectivity index is 0.000000791. The molecule has 84 valence electrons. The van der Waals surface area contributed by atoms with Crippen LogP contribution in [0.4, 0.5) is 13.2 Å². The molecular weight excluding hydrogens is 189 g/mol. The third-order valence-corrected chi connectivity index (χ3v) is 2.42. The lowest BCUT2D eigenvalue weighted by Gasteiger charge is -2.23. The molecule has 1 aliphatic rings. The Morgan fingerprint density at radius 3 is 2.21 bits per heavy atom. The van der Waals surface area contributed by atoms with Crippen molar-refractivity contribution in [3.05, 3.63) is 11.6 Å². The quantitative estimate of drug-likeness (QED) is 0.547. The van der Waals surface area contributed by atoms with E-state index < -0.39 is 12.1 Å². The van der Waals surface area contributed by atoms with Crippen molar-refractivity contribution >= 4 is 0 Å². The molecule has 1 unspecified atom stereocenters. The minimum atomic E-state index is -3.99. The zero-order valence-corrected chi connectivity index (χ0v) is 9.12. The van der Waals surface area contributed by atoms with Gasteiger partial charge >= 0.3 is 6.18 Å². The van der Waals surface area contributed by atoms with Crippen LogP contribution in [-0.4, -0.2) is 6.18 Å². The van der Waals surface area contributed by atoms with Crippen LogP contribution in [-0.2, 0) is 0 Å². The maximum absolute atomic E-state index is 12.1. The van der Waals surface area contributed by atoms with E-state index in [2.05, 4.69) is 0 Å². The molecule has 0 heterocycles. The number of rotatable bonds is 1. The minimum absolute atomic E-state index is 0.187. The fraction of sp³-hybridized carbons (Fsp3) is 0.818. The van der Waals surface area contributed by atoms with Gasteiger partial charge in [0, 0.05) is 0 Å². The largest absolute Gasteiger partial charge is 0.392 e. The maximum atomic E-state index is 12.1. The van der Waals surface area contributed by atoms with E-state index in [1.54, 1.807) is 6.08 Å². The van der Waals surface area contributed by atoms with Crippen molar-refractivity contribution in [1.29, 1.82) is 0 Å². The molecular formula is C11H19F3. The van der Waals surface area contributed by atoms with Crippen molar-refractivity contribution in [3.8, 4) is 0 Å². The molecule has 0 amide bonds. The summed E-state index contributed by atoms with van der Waals surface area (Å²) in [5.74, 6) is -1.09. The Hall–Kier alpha value is -0.470. The summed E-state index contributed by atoms with van der Waals surface area (Å²) in [6, 6.07) is 0. The Morgan fingerprint density at radius 1 is 1.36 bits per heavy atom. The molecule has 3 heteroatoms. The SMILES string of the molecule is CC.CCC1=CCC(C(F)(F)F)CC1. The molecule has 1 aliphatic carbocycles. The van der Waals surface area contributed by atoms with E-state index in [4.69, 9.17) is 0 Å². The van der Waals surface area contributed by atoms with E-state index in [1.165, 1.54) is 5.57 Å². The standard InChI is InChI=1S/C9H13F3.C2H6/c1-2-7-3-5-8(6-4-7)9(10,11)12;1-2/h3,8H,2,4-6H2,1H3;1-2H3. The molecule has 0 spiro atoms. The first-order valence-electron chi connectivity index (χ1n) is 5.28. The fourth-order valence-corrected chi connectivity index (χ4v) is 1.51. The summed E-state index contributed by atoms with van der Waals surface area (Å²) in [6.07, 6.45) is -0.251. The fourth-order valence-electron chi connectivity index (χ4n) is 1.51.